The molecule has 0 aromatic carbocycles. The molecule has 0 saturated carbocycles. The van der Waals surface area contributed by atoms with E-state index in [1.807, 2.05) is 18.2 Å². The van der Waals surface area contributed by atoms with Crippen molar-refractivity contribution in [3.8, 4) is 18.2 Å². The van der Waals surface area contributed by atoms with Gasteiger partial charge < -0.3 is 10.6 Å². The van der Waals surface area contributed by atoms with Crippen LogP contribution in [-0.2, 0) is 0 Å². The first-order valence-electron chi connectivity index (χ1n) is 8.29. The van der Waals surface area contributed by atoms with Crippen LogP contribution in [0.15, 0.2) is 47.4 Å². The Morgan fingerprint density at radius 1 is 1.28 bits per heavy atom. The van der Waals surface area contributed by atoms with Crippen molar-refractivity contribution in [3.05, 3.63) is 53.0 Å². The van der Waals surface area contributed by atoms with Gasteiger partial charge in [0.2, 0.25) is 0 Å². The zero-order valence-electron chi connectivity index (χ0n) is 14.0. The van der Waals surface area contributed by atoms with E-state index in [1.54, 1.807) is 12.4 Å². The summed E-state index contributed by atoms with van der Waals surface area (Å²) in [7, 11) is 0. The molecular weight excluding hydrogens is 312 g/mol. The fraction of sp³-hybridized carbons (Fsp3) is 0.368. The molecule has 1 aliphatic carbocycles. The number of pyridine rings is 1. The van der Waals surface area contributed by atoms with Gasteiger partial charge in [-0.25, -0.2) is 0 Å². The summed E-state index contributed by atoms with van der Waals surface area (Å²) in [5.74, 6) is -0.525. The van der Waals surface area contributed by atoms with E-state index in [-0.39, 0.29) is 11.6 Å². The number of rotatable bonds is 2. The first-order chi connectivity index (χ1) is 12.1. The quantitative estimate of drug-likeness (QED) is 0.814. The topological polar surface area (TPSA) is 115 Å². The molecule has 124 valence electrons. The molecule has 0 spiro atoms. The fourth-order valence-corrected chi connectivity index (χ4v) is 4.07. The van der Waals surface area contributed by atoms with Crippen molar-refractivity contribution in [2.45, 2.75) is 12.8 Å². The van der Waals surface area contributed by atoms with E-state index in [0.717, 1.165) is 30.8 Å². The van der Waals surface area contributed by atoms with E-state index in [1.165, 1.54) is 4.90 Å². The number of nitrogens with zero attached hydrogens (tertiary/aromatic N) is 4. The van der Waals surface area contributed by atoms with Crippen LogP contribution in [0.1, 0.15) is 18.4 Å². The molecule has 2 heterocycles. The number of nitrogens with one attached hydrogen (secondary N) is 1. The van der Waals surface area contributed by atoms with Gasteiger partial charge in [0, 0.05) is 24.2 Å². The molecule has 0 saturated heterocycles. The summed E-state index contributed by atoms with van der Waals surface area (Å²) in [6.45, 7) is 4.63. The second-order valence-electron chi connectivity index (χ2n) is 6.47. The molecule has 3 unspecified atom stereocenters. The fourth-order valence-electron chi connectivity index (χ4n) is 4.07. The summed E-state index contributed by atoms with van der Waals surface area (Å²) in [5, 5.41) is 29.5. The van der Waals surface area contributed by atoms with E-state index in [2.05, 4.69) is 30.1 Å². The molecular formula is C19H19N6+. The zero-order valence-corrected chi connectivity index (χ0v) is 14.0. The SMILES string of the molecule is CC[NH+]1CC=C2C(C#N)=C(N)C(C#N)(C#N)C(c3ccncc3)C2C1. The van der Waals surface area contributed by atoms with E-state index >= 15 is 0 Å². The molecule has 0 bridgehead atoms. The lowest BCUT2D eigenvalue weighted by molar-refractivity contribution is -0.897. The van der Waals surface area contributed by atoms with Crippen LogP contribution in [-0.4, -0.2) is 24.6 Å². The average molecular weight is 331 g/mol. The van der Waals surface area contributed by atoms with Crippen LogP contribution in [0.4, 0.5) is 0 Å². The highest BCUT2D eigenvalue weighted by molar-refractivity contribution is 5.59. The van der Waals surface area contributed by atoms with Crippen molar-refractivity contribution in [1.29, 1.82) is 15.8 Å². The van der Waals surface area contributed by atoms with Gasteiger partial charge in [0.15, 0.2) is 5.41 Å². The number of hydrogen-bond donors (Lipinski definition) is 2. The van der Waals surface area contributed by atoms with Crippen LogP contribution in [0.5, 0.6) is 0 Å². The normalized spacial score (nSPS) is 27.3. The standard InChI is InChI=1S/C19H18N6/c1-2-25-8-5-14-15(9-20)18(23)19(11-21,12-22)17(16(14)10-25)13-3-6-24-7-4-13/h3-7,16-17H,2,8,10,23H2,1H3/p+1. The minimum Gasteiger partial charge on any atom is -0.399 e. The molecule has 1 aromatic rings. The molecule has 6 heteroatoms. The summed E-state index contributed by atoms with van der Waals surface area (Å²) >= 11 is 0. The van der Waals surface area contributed by atoms with Gasteiger partial charge in [-0.15, -0.1) is 0 Å². The van der Waals surface area contributed by atoms with Crippen LogP contribution in [0, 0.1) is 45.3 Å². The van der Waals surface area contributed by atoms with E-state index < -0.39 is 11.3 Å². The van der Waals surface area contributed by atoms with Crippen molar-refractivity contribution in [2.24, 2.45) is 17.1 Å². The summed E-state index contributed by atoms with van der Waals surface area (Å²) < 4.78 is 0. The van der Waals surface area contributed by atoms with Gasteiger partial charge in [-0.1, -0.05) is 0 Å². The predicted octanol–water partition coefficient (Wildman–Crippen LogP) is 0.410. The third-order valence-corrected chi connectivity index (χ3v) is 5.40. The second-order valence-corrected chi connectivity index (χ2v) is 6.47. The molecule has 1 aromatic heterocycles. The van der Waals surface area contributed by atoms with Gasteiger partial charge in [0.25, 0.3) is 0 Å². The number of likely N-dealkylation sites (N-methyl/N-ethyl adjacent to an activating group) is 1. The predicted molar refractivity (Wildman–Crippen MR) is 90.3 cm³/mol. The van der Waals surface area contributed by atoms with Crippen molar-refractivity contribution < 1.29 is 4.90 Å². The second kappa shape index (κ2) is 6.40. The van der Waals surface area contributed by atoms with Crippen LogP contribution in [0.3, 0.4) is 0 Å². The average Bonchev–Trinajstić information content (AvgIpc) is 2.67. The molecule has 2 aliphatic rings. The summed E-state index contributed by atoms with van der Waals surface area (Å²) in [4.78, 5) is 5.40. The molecule has 0 radical (unpaired) electrons. The number of quaternary nitrogens is 1. The minimum absolute atomic E-state index is 0.0734. The Kier molecular flexibility index (Phi) is 4.28. The number of aromatic nitrogens is 1. The van der Waals surface area contributed by atoms with Gasteiger partial charge >= 0.3 is 0 Å². The first kappa shape index (κ1) is 16.7. The van der Waals surface area contributed by atoms with Crippen LogP contribution < -0.4 is 10.6 Å². The Morgan fingerprint density at radius 3 is 2.52 bits per heavy atom. The number of fused-ring (bicyclic) bond motifs is 1. The van der Waals surface area contributed by atoms with Gasteiger partial charge in [-0.3, -0.25) is 4.98 Å². The molecule has 25 heavy (non-hydrogen) atoms. The number of nitriles is 3. The van der Waals surface area contributed by atoms with E-state index in [4.69, 9.17) is 5.73 Å². The van der Waals surface area contributed by atoms with Gasteiger partial charge in [-0.05, 0) is 36.3 Å². The van der Waals surface area contributed by atoms with Crippen molar-refractivity contribution in [3.63, 3.8) is 0 Å². The molecule has 0 amide bonds. The lowest BCUT2D eigenvalue weighted by Gasteiger charge is -2.44. The summed E-state index contributed by atoms with van der Waals surface area (Å²) in [5.41, 5.74) is 6.79. The third kappa shape index (κ3) is 2.38. The highest BCUT2D eigenvalue weighted by atomic mass is 15.1. The number of nitrogens with two attached hydrogens (primary N) is 1. The lowest BCUT2D eigenvalue weighted by Crippen LogP contribution is -3.13. The molecule has 1 aliphatic heterocycles. The Labute approximate surface area is 147 Å². The molecule has 6 nitrogen and oxygen atoms in total. The van der Waals surface area contributed by atoms with Crippen LogP contribution in [0.2, 0.25) is 0 Å². The van der Waals surface area contributed by atoms with Crippen molar-refractivity contribution in [2.75, 3.05) is 19.6 Å². The Hall–Kier alpha value is -3.14. The summed E-state index contributed by atoms with van der Waals surface area (Å²) in [6.07, 6.45) is 5.36. The third-order valence-electron chi connectivity index (χ3n) is 5.40. The van der Waals surface area contributed by atoms with E-state index in [0.29, 0.717) is 5.57 Å². The van der Waals surface area contributed by atoms with Gasteiger partial charge in [0.1, 0.15) is 6.07 Å². The molecule has 0 fully saturated rings. The van der Waals surface area contributed by atoms with Crippen LogP contribution in [0.25, 0.3) is 0 Å². The minimum atomic E-state index is -1.55. The van der Waals surface area contributed by atoms with Gasteiger partial charge in [0.05, 0.1) is 43.0 Å². The van der Waals surface area contributed by atoms with Gasteiger partial charge in [-0.2, -0.15) is 15.8 Å². The lowest BCUT2D eigenvalue weighted by atomic mass is 9.58. The highest BCUT2D eigenvalue weighted by Gasteiger charge is 2.55. The maximum Gasteiger partial charge on any atom is 0.191 e. The van der Waals surface area contributed by atoms with Crippen molar-refractivity contribution >= 4 is 0 Å². The molecule has 3 N–H and O–H groups in total. The highest BCUT2D eigenvalue weighted by Crippen LogP contribution is 2.52. The smallest absolute Gasteiger partial charge is 0.191 e. The molecule has 3 rings (SSSR count). The monoisotopic (exact) mass is 331 g/mol. The first-order valence-corrected chi connectivity index (χ1v) is 8.29. The van der Waals surface area contributed by atoms with Crippen molar-refractivity contribution in [1.82, 2.24) is 4.98 Å². The maximum absolute atomic E-state index is 9.93. The summed E-state index contributed by atoms with van der Waals surface area (Å²) in [6, 6.07) is 10.1. The Bertz CT molecular complexity index is 848. The zero-order chi connectivity index (χ0) is 18.0. The van der Waals surface area contributed by atoms with Crippen LogP contribution >= 0.6 is 0 Å². The maximum atomic E-state index is 9.93. The van der Waals surface area contributed by atoms with E-state index in [9.17, 15) is 15.8 Å². The number of hydrogen-bond acceptors (Lipinski definition) is 5. The Balaban J connectivity index is 2.30. The number of allylic oxidation sites excluding steroid dienone is 2. The largest absolute Gasteiger partial charge is 0.399 e. The molecule has 3 atom stereocenters. The Morgan fingerprint density at radius 2 is 1.96 bits per heavy atom.